The van der Waals surface area contributed by atoms with E-state index in [-0.39, 0.29) is 0 Å². The molecule has 2 heterocycles. The first-order chi connectivity index (χ1) is 10.6. The fourth-order valence-electron chi connectivity index (χ4n) is 2.78. The summed E-state index contributed by atoms with van der Waals surface area (Å²) in [6.07, 6.45) is 5.27. The van der Waals surface area contributed by atoms with E-state index in [4.69, 9.17) is 0 Å². The highest BCUT2D eigenvalue weighted by atomic mass is 32.2. The minimum atomic E-state index is -3.78. The number of nitrogens with zero attached hydrogens (tertiary/aromatic N) is 1. The molecule has 0 bridgehead atoms. The smallest absolute Gasteiger partial charge is 0.304 e. The number of H-pyrrole nitrogens is 1. The van der Waals surface area contributed by atoms with Crippen molar-refractivity contribution in [1.29, 1.82) is 0 Å². The average molecular weight is 321 g/mol. The van der Waals surface area contributed by atoms with E-state index >= 15 is 0 Å². The number of carbonyl (C=O) groups is 1. The molecule has 1 amide bonds. The molecule has 2 N–H and O–H groups in total. The molecule has 1 aliphatic rings. The van der Waals surface area contributed by atoms with Gasteiger partial charge in [0, 0.05) is 30.2 Å². The summed E-state index contributed by atoms with van der Waals surface area (Å²) in [6, 6.07) is 7.31. The van der Waals surface area contributed by atoms with Gasteiger partial charge in [-0.15, -0.1) is 0 Å². The number of hydrogen-bond acceptors (Lipinski definition) is 3. The molecule has 0 aliphatic carbocycles. The van der Waals surface area contributed by atoms with Gasteiger partial charge in [-0.05, 0) is 18.9 Å². The van der Waals surface area contributed by atoms with E-state index in [0.29, 0.717) is 24.0 Å². The second-order valence-corrected chi connectivity index (χ2v) is 7.17. The van der Waals surface area contributed by atoms with Crippen LogP contribution in [-0.4, -0.2) is 36.7 Å². The van der Waals surface area contributed by atoms with Crippen molar-refractivity contribution in [3.63, 3.8) is 0 Å². The molecular formula is C15H19N3O3S. The monoisotopic (exact) mass is 321 g/mol. The molecule has 1 fully saturated rings. The molecule has 1 aromatic heterocycles. The molecular weight excluding hydrogens is 302 g/mol. The van der Waals surface area contributed by atoms with Crippen LogP contribution in [0.15, 0.2) is 30.5 Å². The van der Waals surface area contributed by atoms with Crippen LogP contribution < -0.4 is 4.72 Å². The lowest BCUT2D eigenvalue weighted by Gasteiger charge is -2.19. The third-order valence-electron chi connectivity index (χ3n) is 3.96. The molecule has 0 unspecified atom stereocenters. The Morgan fingerprint density at radius 1 is 1.09 bits per heavy atom. The highest BCUT2D eigenvalue weighted by Crippen LogP contribution is 2.18. The Morgan fingerprint density at radius 3 is 2.50 bits per heavy atom. The summed E-state index contributed by atoms with van der Waals surface area (Å²) in [5, 5.41) is 0.714. The van der Waals surface area contributed by atoms with E-state index in [9.17, 15) is 13.2 Å². The van der Waals surface area contributed by atoms with E-state index in [1.165, 1.54) is 10.5 Å². The van der Waals surface area contributed by atoms with Crippen molar-refractivity contribution in [2.45, 2.75) is 25.7 Å². The van der Waals surface area contributed by atoms with Crippen LogP contribution in [0.25, 0.3) is 10.9 Å². The summed E-state index contributed by atoms with van der Waals surface area (Å²) < 4.78 is 28.3. The molecule has 0 atom stereocenters. The summed E-state index contributed by atoms with van der Waals surface area (Å²) in [4.78, 5) is 15.3. The molecule has 1 aliphatic heterocycles. The fourth-order valence-corrected chi connectivity index (χ4v) is 3.99. The molecule has 0 saturated carbocycles. The quantitative estimate of drug-likeness (QED) is 0.907. The third-order valence-corrected chi connectivity index (χ3v) is 5.45. The second-order valence-electron chi connectivity index (χ2n) is 5.50. The Kier molecular flexibility index (Phi) is 4.17. The Labute approximate surface area is 129 Å². The van der Waals surface area contributed by atoms with Crippen molar-refractivity contribution in [1.82, 2.24) is 14.0 Å². The molecule has 118 valence electrons. The van der Waals surface area contributed by atoms with E-state index in [2.05, 4.69) is 9.71 Å². The van der Waals surface area contributed by atoms with Crippen molar-refractivity contribution in [3.8, 4) is 0 Å². The molecule has 2 aromatic rings. The maximum Gasteiger partial charge on any atom is 0.304 e. The van der Waals surface area contributed by atoms with Gasteiger partial charge in [-0.2, -0.15) is 12.7 Å². The van der Waals surface area contributed by atoms with Crippen molar-refractivity contribution >= 4 is 27.0 Å². The molecule has 1 aromatic carbocycles. The zero-order valence-corrected chi connectivity index (χ0v) is 13.0. The number of aromatic amines is 1. The van der Waals surface area contributed by atoms with Crippen LogP contribution in [0.4, 0.5) is 0 Å². The second kappa shape index (κ2) is 6.10. The van der Waals surface area contributed by atoms with Gasteiger partial charge in [-0.25, -0.2) is 4.72 Å². The van der Waals surface area contributed by atoms with Crippen LogP contribution >= 0.6 is 0 Å². The lowest BCUT2D eigenvalue weighted by atomic mass is 10.2. The number of hydrogen-bond donors (Lipinski definition) is 2. The normalized spacial score (nSPS) is 17.3. The Morgan fingerprint density at radius 2 is 1.77 bits per heavy atom. The highest BCUT2D eigenvalue weighted by Gasteiger charge is 2.26. The predicted molar refractivity (Wildman–Crippen MR) is 84.7 cm³/mol. The van der Waals surface area contributed by atoms with Gasteiger partial charge in [0.25, 0.3) is 5.91 Å². The van der Waals surface area contributed by atoms with Crippen LogP contribution in [0.1, 0.15) is 36.0 Å². The Balaban J connectivity index is 1.81. The van der Waals surface area contributed by atoms with Gasteiger partial charge in [0.2, 0.25) is 0 Å². The molecule has 6 nitrogen and oxygen atoms in total. The van der Waals surface area contributed by atoms with Crippen LogP contribution in [0.5, 0.6) is 0 Å². The Hall–Kier alpha value is -1.86. The predicted octanol–water partition coefficient (Wildman–Crippen LogP) is 2.02. The van der Waals surface area contributed by atoms with Crippen molar-refractivity contribution in [2.24, 2.45) is 0 Å². The molecule has 22 heavy (non-hydrogen) atoms. The van der Waals surface area contributed by atoms with Gasteiger partial charge >= 0.3 is 10.2 Å². The van der Waals surface area contributed by atoms with E-state index in [1.54, 1.807) is 6.07 Å². The zero-order valence-electron chi connectivity index (χ0n) is 12.2. The first-order valence-electron chi connectivity index (χ1n) is 7.46. The maximum atomic E-state index is 12.4. The number of rotatable bonds is 3. The molecule has 0 radical (unpaired) electrons. The van der Waals surface area contributed by atoms with Gasteiger partial charge < -0.3 is 4.98 Å². The van der Waals surface area contributed by atoms with Crippen LogP contribution in [-0.2, 0) is 10.2 Å². The minimum Gasteiger partial charge on any atom is -0.360 e. The summed E-state index contributed by atoms with van der Waals surface area (Å²) in [5.74, 6) is -0.596. The summed E-state index contributed by atoms with van der Waals surface area (Å²) in [7, 11) is -3.78. The number of carbonyl (C=O) groups excluding carboxylic acids is 1. The first-order valence-corrected chi connectivity index (χ1v) is 8.90. The largest absolute Gasteiger partial charge is 0.360 e. The molecule has 7 heteroatoms. The van der Waals surface area contributed by atoms with E-state index < -0.39 is 16.1 Å². The van der Waals surface area contributed by atoms with Crippen molar-refractivity contribution < 1.29 is 13.2 Å². The first kappa shape index (κ1) is 15.1. The minimum absolute atomic E-state index is 0.342. The van der Waals surface area contributed by atoms with E-state index in [0.717, 1.165) is 31.2 Å². The highest BCUT2D eigenvalue weighted by molar-refractivity contribution is 7.87. The lowest BCUT2D eigenvalue weighted by molar-refractivity contribution is 0.0980. The van der Waals surface area contributed by atoms with Crippen LogP contribution in [0.2, 0.25) is 0 Å². The number of para-hydroxylation sites is 1. The van der Waals surface area contributed by atoms with Gasteiger partial charge in [-0.1, -0.05) is 31.0 Å². The SMILES string of the molecule is O=C(NS(=O)(=O)N1CCCCCC1)c1c[nH]c2ccccc12. The zero-order chi connectivity index (χ0) is 15.6. The van der Waals surface area contributed by atoms with Gasteiger partial charge in [-0.3, -0.25) is 4.79 Å². The van der Waals surface area contributed by atoms with Gasteiger partial charge in [0.15, 0.2) is 0 Å². The summed E-state index contributed by atoms with van der Waals surface area (Å²) in [6.45, 7) is 0.937. The number of nitrogens with one attached hydrogen (secondary N) is 2. The number of aromatic nitrogens is 1. The van der Waals surface area contributed by atoms with Crippen LogP contribution in [0.3, 0.4) is 0 Å². The molecule has 3 rings (SSSR count). The molecule has 1 saturated heterocycles. The number of fused-ring (bicyclic) bond motifs is 1. The fraction of sp³-hybridized carbons (Fsp3) is 0.400. The lowest BCUT2D eigenvalue weighted by Crippen LogP contribution is -2.43. The van der Waals surface area contributed by atoms with Crippen molar-refractivity contribution in [2.75, 3.05) is 13.1 Å². The van der Waals surface area contributed by atoms with Gasteiger partial charge in [0.1, 0.15) is 0 Å². The van der Waals surface area contributed by atoms with Crippen molar-refractivity contribution in [3.05, 3.63) is 36.0 Å². The molecule has 0 spiro atoms. The summed E-state index contributed by atoms with van der Waals surface area (Å²) in [5.41, 5.74) is 1.15. The number of amides is 1. The Bertz CT molecular complexity index is 774. The van der Waals surface area contributed by atoms with E-state index in [1.807, 2.05) is 18.2 Å². The number of benzene rings is 1. The summed E-state index contributed by atoms with van der Waals surface area (Å²) >= 11 is 0. The van der Waals surface area contributed by atoms with Gasteiger partial charge in [0.05, 0.1) is 5.56 Å². The average Bonchev–Trinajstić information content (AvgIpc) is 2.72. The standard InChI is InChI=1S/C15H19N3O3S/c19-15(13-11-16-14-8-4-3-7-12(13)14)17-22(20,21)18-9-5-1-2-6-10-18/h3-4,7-8,11,16H,1-2,5-6,9-10H2,(H,17,19). The maximum absolute atomic E-state index is 12.4. The van der Waals surface area contributed by atoms with Crippen LogP contribution in [0, 0.1) is 0 Å². The topological polar surface area (TPSA) is 82.3 Å². The third kappa shape index (κ3) is 3.00.